The van der Waals surface area contributed by atoms with Gasteiger partial charge in [0.1, 0.15) is 16.4 Å². The maximum Gasteiger partial charge on any atom is 0.327 e. The van der Waals surface area contributed by atoms with Crippen molar-refractivity contribution < 1.29 is 14.7 Å². The third kappa shape index (κ3) is 1.45. The average Bonchev–Trinajstić information content (AvgIpc) is 2.54. The minimum atomic E-state index is -1.04. The Morgan fingerprint density at radius 1 is 1.50 bits per heavy atom. The second kappa shape index (κ2) is 3.55. The maximum absolute atomic E-state index is 11.8. The monoisotopic (exact) mass is 281 g/mol. The van der Waals surface area contributed by atoms with E-state index in [0.717, 1.165) is 0 Å². The van der Waals surface area contributed by atoms with E-state index in [2.05, 4.69) is 0 Å². The van der Waals surface area contributed by atoms with Gasteiger partial charge in [-0.15, -0.1) is 11.8 Å². The standard InChI is InChI=1S/C9H9Cl2NO3S/c1-9(2)5(8(14)15)12-6(13)3(10)4(11)7(12)16-9/h5,7H,1-2H3,(H,14,15)/t5-,7+/m0/s1. The van der Waals surface area contributed by atoms with E-state index in [1.54, 1.807) is 13.8 Å². The van der Waals surface area contributed by atoms with Crippen LogP contribution in [0.15, 0.2) is 10.1 Å². The van der Waals surface area contributed by atoms with Gasteiger partial charge in [-0.1, -0.05) is 23.2 Å². The van der Waals surface area contributed by atoms with E-state index >= 15 is 0 Å². The first-order valence-electron chi connectivity index (χ1n) is 4.56. The van der Waals surface area contributed by atoms with Crippen molar-refractivity contribution in [2.24, 2.45) is 0 Å². The zero-order valence-corrected chi connectivity index (χ0v) is 10.9. The minimum absolute atomic E-state index is 0.0686. The van der Waals surface area contributed by atoms with Crippen LogP contribution in [0.25, 0.3) is 0 Å². The lowest BCUT2D eigenvalue weighted by atomic mass is 10.0. The van der Waals surface area contributed by atoms with Gasteiger partial charge >= 0.3 is 5.97 Å². The number of carbonyl (C=O) groups excluding carboxylic acids is 1. The number of carbonyl (C=O) groups is 2. The van der Waals surface area contributed by atoms with E-state index in [4.69, 9.17) is 23.2 Å². The normalized spacial score (nSPS) is 32.2. The summed E-state index contributed by atoms with van der Waals surface area (Å²) in [5.41, 5.74) is 0. The van der Waals surface area contributed by atoms with Gasteiger partial charge in [-0.3, -0.25) is 4.79 Å². The van der Waals surface area contributed by atoms with Crippen LogP contribution in [0, 0.1) is 0 Å². The van der Waals surface area contributed by atoms with Crippen molar-refractivity contribution in [1.82, 2.24) is 4.90 Å². The number of rotatable bonds is 1. The summed E-state index contributed by atoms with van der Waals surface area (Å²) >= 11 is 13.0. The molecule has 0 saturated carbocycles. The van der Waals surface area contributed by atoms with Gasteiger partial charge < -0.3 is 10.0 Å². The Labute approximate surface area is 107 Å². The molecule has 0 aromatic carbocycles. The molecule has 1 N–H and O–H groups in total. The molecule has 0 aliphatic carbocycles. The van der Waals surface area contributed by atoms with Gasteiger partial charge in [-0.25, -0.2) is 4.79 Å². The summed E-state index contributed by atoms with van der Waals surface area (Å²) in [4.78, 5) is 24.2. The molecular weight excluding hydrogens is 273 g/mol. The van der Waals surface area contributed by atoms with Crippen LogP contribution in [0.2, 0.25) is 0 Å². The molecule has 0 bridgehead atoms. The predicted octanol–water partition coefficient (Wildman–Crippen LogP) is 1.82. The molecule has 0 radical (unpaired) electrons. The predicted molar refractivity (Wildman–Crippen MR) is 62.5 cm³/mol. The van der Waals surface area contributed by atoms with Crippen LogP contribution >= 0.6 is 35.0 Å². The Bertz CT molecular complexity index is 421. The van der Waals surface area contributed by atoms with E-state index < -0.39 is 28.0 Å². The quantitative estimate of drug-likeness (QED) is 0.797. The van der Waals surface area contributed by atoms with Crippen LogP contribution in [0.1, 0.15) is 13.8 Å². The number of aliphatic carboxylic acids is 1. The fourth-order valence-electron chi connectivity index (χ4n) is 2.02. The number of nitrogens with zero attached hydrogens (tertiary/aromatic N) is 1. The van der Waals surface area contributed by atoms with Crippen molar-refractivity contribution in [2.45, 2.75) is 30.0 Å². The number of amides is 1. The molecule has 1 fully saturated rings. The summed E-state index contributed by atoms with van der Waals surface area (Å²) < 4.78 is -0.579. The fourth-order valence-corrected chi connectivity index (χ4v) is 4.07. The fraction of sp³-hybridized carbons (Fsp3) is 0.556. The summed E-state index contributed by atoms with van der Waals surface area (Å²) in [5.74, 6) is -1.54. The molecule has 0 aromatic rings. The Hall–Kier alpha value is -0.390. The number of halogens is 2. The van der Waals surface area contributed by atoms with Gasteiger partial charge in [-0.05, 0) is 13.8 Å². The van der Waals surface area contributed by atoms with Crippen LogP contribution in [0.4, 0.5) is 0 Å². The molecule has 2 heterocycles. The van der Waals surface area contributed by atoms with Crippen LogP contribution in [0.3, 0.4) is 0 Å². The number of thioether (sulfide) groups is 1. The molecule has 1 saturated heterocycles. The van der Waals surface area contributed by atoms with Gasteiger partial charge in [-0.2, -0.15) is 0 Å². The molecule has 2 rings (SSSR count). The zero-order valence-electron chi connectivity index (χ0n) is 8.53. The molecule has 2 aliphatic rings. The largest absolute Gasteiger partial charge is 0.480 e. The molecule has 0 spiro atoms. The summed E-state index contributed by atoms with van der Waals surface area (Å²) in [5, 5.41) is 8.88. The van der Waals surface area contributed by atoms with Crippen LogP contribution in [-0.2, 0) is 9.59 Å². The van der Waals surface area contributed by atoms with E-state index in [1.807, 2.05) is 0 Å². The van der Waals surface area contributed by atoms with Gasteiger partial charge in [0.05, 0.1) is 5.03 Å². The molecule has 0 aromatic heterocycles. The molecule has 1 amide bonds. The number of fused-ring (bicyclic) bond motifs is 1. The summed E-state index contributed by atoms with van der Waals surface area (Å²) in [6.07, 6.45) is 0. The van der Waals surface area contributed by atoms with E-state index in [9.17, 15) is 14.7 Å². The lowest BCUT2D eigenvalue weighted by molar-refractivity contribution is -0.148. The highest BCUT2D eigenvalue weighted by molar-refractivity contribution is 8.01. The van der Waals surface area contributed by atoms with Crippen molar-refractivity contribution in [1.29, 1.82) is 0 Å². The van der Waals surface area contributed by atoms with Gasteiger partial charge in [0.25, 0.3) is 5.91 Å². The Morgan fingerprint density at radius 2 is 2.06 bits per heavy atom. The topological polar surface area (TPSA) is 57.6 Å². The summed E-state index contributed by atoms with van der Waals surface area (Å²) in [6, 6.07) is -0.903. The van der Waals surface area contributed by atoms with Crippen LogP contribution in [0.5, 0.6) is 0 Å². The second-order valence-electron chi connectivity index (χ2n) is 4.19. The van der Waals surface area contributed by atoms with Crippen molar-refractivity contribution in [3.8, 4) is 0 Å². The van der Waals surface area contributed by atoms with Crippen molar-refractivity contribution in [3.63, 3.8) is 0 Å². The molecular formula is C9H9Cl2NO3S. The van der Waals surface area contributed by atoms with Gasteiger partial charge in [0.15, 0.2) is 0 Å². The van der Waals surface area contributed by atoms with E-state index in [1.165, 1.54) is 16.7 Å². The number of hydrogen-bond acceptors (Lipinski definition) is 3. The smallest absolute Gasteiger partial charge is 0.327 e. The Balaban J connectivity index is 2.46. The van der Waals surface area contributed by atoms with Crippen molar-refractivity contribution in [2.75, 3.05) is 0 Å². The lowest BCUT2D eigenvalue weighted by Crippen LogP contribution is -2.48. The number of carboxylic acid groups (broad SMARTS) is 1. The lowest BCUT2D eigenvalue weighted by Gasteiger charge is -2.26. The Kier molecular flexibility index (Phi) is 2.68. The Morgan fingerprint density at radius 3 is 2.56 bits per heavy atom. The molecule has 2 atom stereocenters. The first-order chi connectivity index (χ1) is 7.27. The highest BCUT2D eigenvalue weighted by Gasteiger charge is 2.58. The highest BCUT2D eigenvalue weighted by Crippen LogP contribution is 2.52. The number of hydrogen-bond donors (Lipinski definition) is 1. The highest BCUT2D eigenvalue weighted by atomic mass is 35.5. The molecule has 0 unspecified atom stereocenters. The molecule has 16 heavy (non-hydrogen) atoms. The first kappa shape index (κ1) is 12.1. The van der Waals surface area contributed by atoms with Crippen LogP contribution < -0.4 is 0 Å². The second-order valence-corrected chi connectivity index (χ2v) is 6.71. The molecule has 7 heteroatoms. The molecule has 2 aliphatic heterocycles. The third-order valence-corrected chi connectivity index (χ3v) is 5.19. The SMILES string of the molecule is CC1(C)S[C@@H]2C(Cl)=C(Cl)C(=O)N2[C@H]1C(=O)O. The van der Waals surface area contributed by atoms with E-state index in [0.29, 0.717) is 0 Å². The van der Waals surface area contributed by atoms with E-state index in [-0.39, 0.29) is 10.1 Å². The average molecular weight is 282 g/mol. The summed E-state index contributed by atoms with van der Waals surface area (Å²) in [7, 11) is 0. The third-order valence-electron chi connectivity index (χ3n) is 2.69. The van der Waals surface area contributed by atoms with Crippen molar-refractivity contribution >= 4 is 46.8 Å². The zero-order chi connectivity index (χ0) is 12.2. The first-order valence-corrected chi connectivity index (χ1v) is 6.19. The minimum Gasteiger partial charge on any atom is -0.480 e. The van der Waals surface area contributed by atoms with Gasteiger partial charge in [0.2, 0.25) is 0 Å². The van der Waals surface area contributed by atoms with Crippen molar-refractivity contribution in [3.05, 3.63) is 10.1 Å². The molecule has 88 valence electrons. The van der Waals surface area contributed by atoms with Gasteiger partial charge in [0, 0.05) is 4.75 Å². The molecule has 4 nitrogen and oxygen atoms in total. The maximum atomic E-state index is 11.8. The summed E-state index contributed by atoms with van der Waals surface area (Å²) in [6.45, 7) is 3.56. The van der Waals surface area contributed by atoms with Crippen LogP contribution in [-0.4, -0.2) is 38.0 Å². The number of carboxylic acids is 1.